The molecule has 0 heterocycles. The van der Waals surface area contributed by atoms with Gasteiger partial charge in [-0.15, -0.1) is 0 Å². The zero-order valence-electron chi connectivity index (χ0n) is 62.7. The van der Waals surface area contributed by atoms with E-state index in [2.05, 4.69) is 41.5 Å². The third kappa shape index (κ3) is 69.2. The summed E-state index contributed by atoms with van der Waals surface area (Å²) in [5, 5.41) is 10.6. The van der Waals surface area contributed by atoms with Crippen molar-refractivity contribution in [2.45, 2.75) is 419 Å². The van der Waals surface area contributed by atoms with E-state index >= 15 is 0 Å². The molecular weight excluding hydrogens is 1260 g/mol. The van der Waals surface area contributed by atoms with E-state index in [4.69, 9.17) is 37.0 Å². The van der Waals surface area contributed by atoms with E-state index in [0.717, 1.165) is 102 Å². The molecule has 17 nitrogen and oxygen atoms in total. The smallest absolute Gasteiger partial charge is 0.462 e. The molecule has 0 amide bonds. The molecular formula is C77H150O17P2. The molecule has 0 saturated carbocycles. The van der Waals surface area contributed by atoms with Crippen LogP contribution in [0.2, 0.25) is 0 Å². The first kappa shape index (κ1) is 94.1. The molecule has 3 N–H and O–H groups in total. The molecule has 0 aromatic heterocycles. The first-order valence-electron chi connectivity index (χ1n) is 40.0. The van der Waals surface area contributed by atoms with Crippen molar-refractivity contribution in [1.29, 1.82) is 0 Å². The van der Waals surface area contributed by atoms with Crippen molar-refractivity contribution in [3.63, 3.8) is 0 Å². The molecule has 0 aromatic rings. The number of phosphoric ester groups is 2. The number of esters is 4. The van der Waals surface area contributed by atoms with Crippen molar-refractivity contribution in [3.05, 3.63) is 0 Å². The van der Waals surface area contributed by atoms with Gasteiger partial charge in [-0.1, -0.05) is 350 Å². The Hall–Kier alpha value is -1.94. The van der Waals surface area contributed by atoms with E-state index in [1.54, 1.807) is 0 Å². The molecule has 0 aliphatic rings. The monoisotopic (exact) mass is 1410 g/mol. The standard InChI is InChI=1S/C77H150O17P2/c1-7-10-12-14-16-18-20-30-37-43-49-55-61-76(81)93-72(65-87-74(79)59-53-47-41-35-27-19-17-15-13-11-8-2)67-91-95(83,84)89-63-71(78)64-90-96(85,86)92-68-73(66-88-75(80)60-54-48-42-36-31-26-25-28-33-39-45-51-57-69(4)5)94-77(82)62-56-50-44-38-32-24-22-21-23-29-34-40-46-52-58-70(6)9-3/h69-73,78H,7-68H2,1-6H3,(H,83,84)(H,85,86)/t70?,71-,72+,73+/m0/s1. The van der Waals surface area contributed by atoms with Gasteiger partial charge in [0.25, 0.3) is 0 Å². The SMILES string of the molecule is CCCCCCCCCCCCCCC(=O)O[C@H](COC(=O)CCCCCCCCCCCCC)COP(=O)(O)OC[C@H](O)COP(=O)(O)OC[C@@H](COC(=O)CCCCCCCCCCCCCCC(C)C)OC(=O)CCCCCCCCCCCCCCCCC(C)CC. The Morgan fingerprint density at radius 3 is 0.792 bits per heavy atom. The lowest BCUT2D eigenvalue weighted by Crippen LogP contribution is -2.30. The van der Waals surface area contributed by atoms with Gasteiger partial charge < -0.3 is 33.8 Å². The van der Waals surface area contributed by atoms with Crippen molar-refractivity contribution in [3.8, 4) is 0 Å². The highest BCUT2D eigenvalue weighted by atomic mass is 31.2. The second kappa shape index (κ2) is 68.8. The minimum Gasteiger partial charge on any atom is -0.462 e. The molecule has 3 unspecified atom stereocenters. The number of rotatable bonds is 76. The van der Waals surface area contributed by atoms with Crippen LogP contribution in [0, 0.1) is 11.8 Å². The van der Waals surface area contributed by atoms with Gasteiger partial charge in [-0.2, -0.15) is 0 Å². The molecule has 6 atom stereocenters. The molecule has 570 valence electrons. The van der Waals surface area contributed by atoms with E-state index in [9.17, 15) is 43.2 Å². The normalized spacial score (nSPS) is 14.3. The lowest BCUT2D eigenvalue weighted by atomic mass is 9.99. The van der Waals surface area contributed by atoms with Crippen molar-refractivity contribution in [1.82, 2.24) is 0 Å². The Labute approximate surface area is 588 Å². The Morgan fingerprint density at radius 2 is 0.531 bits per heavy atom. The maximum Gasteiger partial charge on any atom is 0.472 e. The number of aliphatic hydroxyl groups excluding tert-OH is 1. The van der Waals surface area contributed by atoms with E-state index in [-0.39, 0.29) is 25.7 Å². The van der Waals surface area contributed by atoms with E-state index in [1.807, 2.05) is 0 Å². The topological polar surface area (TPSA) is 237 Å². The second-order valence-corrected chi connectivity index (χ2v) is 31.4. The van der Waals surface area contributed by atoms with Crippen molar-refractivity contribution >= 4 is 39.5 Å². The highest BCUT2D eigenvalue weighted by Crippen LogP contribution is 2.45. The maximum atomic E-state index is 13.1. The van der Waals surface area contributed by atoms with Crippen LogP contribution in [0.4, 0.5) is 0 Å². The van der Waals surface area contributed by atoms with Gasteiger partial charge in [0.15, 0.2) is 12.2 Å². The lowest BCUT2D eigenvalue weighted by molar-refractivity contribution is -0.161. The molecule has 0 bridgehead atoms. The predicted molar refractivity (Wildman–Crippen MR) is 391 cm³/mol. The Balaban J connectivity index is 5.25. The molecule has 0 aliphatic carbocycles. The van der Waals surface area contributed by atoms with Crippen LogP contribution < -0.4 is 0 Å². The van der Waals surface area contributed by atoms with E-state index in [1.165, 1.54) is 218 Å². The van der Waals surface area contributed by atoms with Gasteiger partial charge in [-0.25, -0.2) is 9.13 Å². The van der Waals surface area contributed by atoms with Crippen LogP contribution in [0.15, 0.2) is 0 Å². The van der Waals surface area contributed by atoms with Gasteiger partial charge in [0.1, 0.15) is 19.3 Å². The van der Waals surface area contributed by atoms with Crippen molar-refractivity contribution in [2.24, 2.45) is 11.8 Å². The van der Waals surface area contributed by atoms with Crippen LogP contribution in [0.5, 0.6) is 0 Å². The van der Waals surface area contributed by atoms with Crippen LogP contribution >= 0.6 is 15.6 Å². The van der Waals surface area contributed by atoms with E-state index < -0.39 is 97.5 Å². The third-order valence-electron chi connectivity index (χ3n) is 18.3. The zero-order valence-corrected chi connectivity index (χ0v) is 64.5. The van der Waals surface area contributed by atoms with Crippen molar-refractivity contribution < 1.29 is 80.2 Å². The highest BCUT2D eigenvalue weighted by Gasteiger charge is 2.30. The minimum absolute atomic E-state index is 0.108. The molecule has 0 aliphatic heterocycles. The maximum absolute atomic E-state index is 13.1. The fourth-order valence-corrected chi connectivity index (χ4v) is 13.4. The van der Waals surface area contributed by atoms with Crippen LogP contribution in [0.25, 0.3) is 0 Å². The average molecular weight is 1410 g/mol. The number of ether oxygens (including phenoxy) is 4. The van der Waals surface area contributed by atoms with Gasteiger partial charge in [-0.05, 0) is 37.5 Å². The fourth-order valence-electron chi connectivity index (χ4n) is 11.8. The van der Waals surface area contributed by atoms with Gasteiger partial charge >= 0.3 is 39.5 Å². The molecule has 0 spiro atoms. The molecule has 0 aromatic carbocycles. The number of hydrogen-bond donors (Lipinski definition) is 3. The summed E-state index contributed by atoms with van der Waals surface area (Å²) in [4.78, 5) is 72.9. The lowest BCUT2D eigenvalue weighted by Gasteiger charge is -2.21. The molecule has 0 fully saturated rings. The van der Waals surface area contributed by atoms with Crippen LogP contribution in [0.1, 0.15) is 401 Å². The molecule has 19 heteroatoms. The molecule has 0 saturated heterocycles. The Kier molecular flexibility index (Phi) is 67.4. The van der Waals surface area contributed by atoms with Gasteiger partial charge in [0, 0.05) is 25.7 Å². The first-order valence-corrected chi connectivity index (χ1v) is 43.0. The predicted octanol–water partition coefficient (Wildman–Crippen LogP) is 22.7. The van der Waals surface area contributed by atoms with Crippen LogP contribution in [0.3, 0.4) is 0 Å². The number of phosphoric acid groups is 2. The van der Waals surface area contributed by atoms with E-state index in [0.29, 0.717) is 25.7 Å². The highest BCUT2D eigenvalue weighted by molar-refractivity contribution is 7.47. The van der Waals surface area contributed by atoms with Gasteiger partial charge in [0.2, 0.25) is 0 Å². The minimum atomic E-state index is -4.96. The average Bonchev–Trinajstić information content (AvgIpc) is 1.11. The first-order chi connectivity index (χ1) is 46.4. The van der Waals surface area contributed by atoms with Gasteiger partial charge in [0.05, 0.1) is 26.4 Å². The summed E-state index contributed by atoms with van der Waals surface area (Å²) in [6.07, 6.45) is 56.6. The summed E-state index contributed by atoms with van der Waals surface area (Å²) < 4.78 is 68.6. The number of aliphatic hydroxyl groups is 1. The number of carbonyl (C=O) groups excluding carboxylic acids is 4. The second-order valence-electron chi connectivity index (χ2n) is 28.5. The Bertz CT molecular complexity index is 1860. The number of carbonyl (C=O) groups is 4. The fraction of sp³-hybridized carbons (Fsp3) is 0.948. The summed E-state index contributed by atoms with van der Waals surface area (Å²) in [6, 6.07) is 0. The van der Waals surface area contributed by atoms with Crippen LogP contribution in [-0.2, 0) is 65.4 Å². The molecule has 96 heavy (non-hydrogen) atoms. The summed E-state index contributed by atoms with van der Waals surface area (Å²) in [5.41, 5.74) is 0. The van der Waals surface area contributed by atoms with Gasteiger partial charge in [-0.3, -0.25) is 37.3 Å². The largest absolute Gasteiger partial charge is 0.472 e. The third-order valence-corrected chi connectivity index (χ3v) is 20.2. The summed E-state index contributed by atoms with van der Waals surface area (Å²) >= 11 is 0. The quantitative estimate of drug-likeness (QED) is 0.0222. The van der Waals surface area contributed by atoms with Crippen LogP contribution in [-0.4, -0.2) is 96.7 Å². The zero-order chi connectivity index (χ0) is 70.7. The summed E-state index contributed by atoms with van der Waals surface area (Å²) in [7, 11) is -9.91. The number of hydrogen-bond acceptors (Lipinski definition) is 15. The Morgan fingerprint density at radius 1 is 0.302 bits per heavy atom. The summed E-state index contributed by atoms with van der Waals surface area (Å²) in [6.45, 7) is 9.67. The molecule has 0 rings (SSSR count). The molecule has 0 radical (unpaired) electrons. The number of unbranched alkanes of at least 4 members (excludes halogenated alkanes) is 45. The van der Waals surface area contributed by atoms with Crippen molar-refractivity contribution in [2.75, 3.05) is 39.6 Å². The summed E-state index contributed by atoms with van der Waals surface area (Å²) in [5.74, 6) is -0.484.